The number of nitrogens with zero attached hydrogens (tertiary/aromatic N) is 1. The molecular formula is C18H18F5NO5S. The fourth-order valence-corrected chi connectivity index (χ4v) is 4.24. The molecule has 6 nitrogen and oxygen atoms in total. The first-order valence-electron chi connectivity index (χ1n) is 8.53. The number of ether oxygens (including phenoxy) is 1. The average Bonchev–Trinajstić information content (AvgIpc) is 2.73. The number of hydrogen-bond acceptors (Lipinski definition) is 5. The van der Waals surface area contributed by atoms with Gasteiger partial charge in [-0.05, 0) is 37.1 Å². The molecule has 2 N–H and O–H groups in total. The van der Waals surface area contributed by atoms with Crippen LogP contribution in [-0.2, 0) is 10.0 Å². The third kappa shape index (κ3) is 4.65. The highest BCUT2D eigenvalue weighted by Gasteiger charge is 2.37. The van der Waals surface area contributed by atoms with E-state index in [0.29, 0.717) is 10.1 Å². The normalized spacial score (nSPS) is 12.7. The zero-order chi connectivity index (χ0) is 22.6. The number of anilines is 1. The van der Waals surface area contributed by atoms with Gasteiger partial charge in [0.1, 0.15) is 5.75 Å². The molecule has 0 aliphatic carbocycles. The van der Waals surface area contributed by atoms with Crippen LogP contribution in [0.15, 0.2) is 29.2 Å². The summed E-state index contributed by atoms with van der Waals surface area (Å²) in [6.45, 7) is -1.09. The molecule has 2 rings (SSSR count). The number of hydrogen-bond donors (Lipinski definition) is 2. The van der Waals surface area contributed by atoms with E-state index in [0.717, 1.165) is 0 Å². The number of sulfonamides is 1. The quantitative estimate of drug-likeness (QED) is 0.345. The van der Waals surface area contributed by atoms with Crippen molar-refractivity contribution in [3.63, 3.8) is 0 Å². The van der Waals surface area contributed by atoms with Gasteiger partial charge in [0, 0.05) is 6.54 Å². The minimum Gasteiger partial charge on any atom is -0.497 e. The minimum atomic E-state index is -5.25. The summed E-state index contributed by atoms with van der Waals surface area (Å²) in [4.78, 5) is -1.99. The molecule has 2 aromatic carbocycles. The second-order valence-corrected chi connectivity index (χ2v) is 7.95. The molecule has 0 aliphatic heterocycles. The monoisotopic (exact) mass is 455 g/mol. The zero-order valence-corrected chi connectivity index (χ0v) is 16.4. The van der Waals surface area contributed by atoms with Crippen molar-refractivity contribution in [1.29, 1.82) is 0 Å². The molecule has 0 aliphatic rings. The molecule has 1 unspecified atom stereocenters. The van der Waals surface area contributed by atoms with Crippen molar-refractivity contribution >= 4 is 15.7 Å². The van der Waals surface area contributed by atoms with Crippen molar-refractivity contribution in [1.82, 2.24) is 0 Å². The Hall–Kier alpha value is -2.44. The van der Waals surface area contributed by atoms with Gasteiger partial charge in [-0.2, -0.15) is 0 Å². The van der Waals surface area contributed by atoms with E-state index < -0.39 is 63.3 Å². The Morgan fingerprint density at radius 3 is 1.93 bits per heavy atom. The summed E-state index contributed by atoms with van der Waals surface area (Å²) in [5.74, 6) is -11.9. The Morgan fingerprint density at radius 1 is 0.967 bits per heavy atom. The zero-order valence-electron chi connectivity index (χ0n) is 15.6. The first kappa shape index (κ1) is 23.8. The molecule has 0 saturated heterocycles. The Kier molecular flexibility index (Phi) is 7.61. The summed E-state index contributed by atoms with van der Waals surface area (Å²) in [7, 11) is -3.91. The molecule has 1 atom stereocenters. The van der Waals surface area contributed by atoms with Crippen molar-refractivity contribution in [2.75, 3.05) is 24.6 Å². The Balaban J connectivity index is 2.58. The minimum absolute atomic E-state index is 0.0875. The van der Waals surface area contributed by atoms with Gasteiger partial charge >= 0.3 is 0 Å². The molecule has 0 spiro atoms. The van der Waals surface area contributed by atoms with Gasteiger partial charge < -0.3 is 14.9 Å². The summed E-state index contributed by atoms with van der Waals surface area (Å²) >= 11 is 0. The lowest BCUT2D eigenvalue weighted by Crippen LogP contribution is -2.34. The lowest BCUT2D eigenvalue weighted by Gasteiger charge is -2.25. The number of methoxy groups -OCH3 is 1. The van der Waals surface area contributed by atoms with E-state index in [1.165, 1.54) is 31.4 Å². The standard InChI is InChI=1S/C18H18F5NO5S/c1-29-12-6-4-10(5-7-12)24(8-2-3-11(26)9-25)30(27,28)18-16(22)14(20)13(19)15(21)17(18)23/h4-7,11,25-26H,2-3,8-9H2,1H3. The molecule has 0 amide bonds. The predicted molar refractivity (Wildman–Crippen MR) is 96.1 cm³/mol. The van der Waals surface area contributed by atoms with E-state index in [4.69, 9.17) is 9.84 Å². The van der Waals surface area contributed by atoms with Crippen LogP contribution < -0.4 is 9.04 Å². The number of rotatable bonds is 9. The summed E-state index contributed by atoms with van der Waals surface area (Å²) in [6.07, 6.45) is -1.36. The van der Waals surface area contributed by atoms with E-state index in [1.54, 1.807) is 0 Å². The molecule has 0 heterocycles. The molecule has 2 aromatic rings. The van der Waals surface area contributed by atoms with Gasteiger partial charge in [-0.15, -0.1) is 0 Å². The second kappa shape index (κ2) is 9.58. The van der Waals surface area contributed by atoms with Crippen LogP contribution in [-0.4, -0.2) is 45.0 Å². The van der Waals surface area contributed by atoms with Gasteiger partial charge in [-0.3, -0.25) is 4.31 Å². The number of aliphatic hydroxyl groups is 2. The van der Waals surface area contributed by atoms with Crippen LogP contribution in [0.25, 0.3) is 0 Å². The van der Waals surface area contributed by atoms with Gasteiger partial charge in [-0.25, -0.2) is 30.4 Å². The molecule has 166 valence electrons. The molecule has 12 heteroatoms. The van der Waals surface area contributed by atoms with Gasteiger partial charge in [0.2, 0.25) is 5.82 Å². The Bertz CT molecular complexity index is 972. The van der Waals surface area contributed by atoms with Gasteiger partial charge in [0.15, 0.2) is 28.2 Å². The maximum absolute atomic E-state index is 14.2. The molecule has 0 saturated carbocycles. The van der Waals surface area contributed by atoms with E-state index in [1.807, 2.05) is 0 Å². The maximum atomic E-state index is 14.2. The lowest BCUT2D eigenvalue weighted by atomic mass is 10.2. The van der Waals surface area contributed by atoms with Crippen molar-refractivity contribution in [2.45, 2.75) is 23.8 Å². The van der Waals surface area contributed by atoms with Gasteiger partial charge in [0.25, 0.3) is 10.0 Å². The molecular weight excluding hydrogens is 437 g/mol. The van der Waals surface area contributed by atoms with E-state index in [2.05, 4.69) is 0 Å². The number of aliphatic hydroxyl groups excluding tert-OH is 2. The van der Waals surface area contributed by atoms with Gasteiger partial charge in [0.05, 0.1) is 25.5 Å². The highest BCUT2D eigenvalue weighted by atomic mass is 32.2. The highest BCUT2D eigenvalue weighted by Crippen LogP contribution is 2.32. The summed E-state index contributed by atoms with van der Waals surface area (Å²) < 4.78 is 100. The van der Waals surface area contributed by atoms with Crippen molar-refractivity contribution in [3.05, 3.63) is 53.4 Å². The van der Waals surface area contributed by atoms with E-state index >= 15 is 0 Å². The summed E-state index contributed by atoms with van der Waals surface area (Å²) in [6, 6.07) is 5.09. The summed E-state index contributed by atoms with van der Waals surface area (Å²) in [5.41, 5.74) is -0.141. The molecule has 0 fully saturated rings. The molecule has 0 bridgehead atoms. The second-order valence-electron chi connectivity index (χ2n) is 6.15. The number of benzene rings is 2. The third-order valence-corrected chi connectivity index (χ3v) is 6.04. The Labute approximate surface area is 169 Å². The van der Waals surface area contributed by atoms with Crippen LogP contribution in [0.1, 0.15) is 12.8 Å². The predicted octanol–water partition coefficient (Wildman–Crippen LogP) is 2.72. The van der Waals surface area contributed by atoms with Crippen LogP contribution in [0.4, 0.5) is 27.6 Å². The fourth-order valence-electron chi connectivity index (χ4n) is 2.62. The number of halogens is 5. The van der Waals surface area contributed by atoms with Crippen LogP contribution in [0.2, 0.25) is 0 Å². The Morgan fingerprint density at radius 2 is 1.47 bits per heavy atom. The van der Waals surface area contributed by atoms with Crippen LogP contribution >= 0.6 is 0 Å². The van der Waals surface area contributed by atoms with E-state index in [9.17, 15) is 35.5 Å². The highest BCUT2D eigenvalue weighted by molar-refractivity contribution is 7.92. The molecule has 30 heavy (non-hydrogen) atoms. The topological polar surface area (TPSA) is 87.1 Å². The van der Waals surface area contributed by atoms with Crippen molar-refractivity contribution < 1.29 is 45.3 Å². The average molecular weight is 455 g/mol. The van der Waals surface area contributed by atoms with Crippen LogP contribution in [0.5, 0.6) is 5.75 Å². The van der Waals surface area contributed by atoms with Crippen molar-refractivity contribution in [3.8, 4) is 5.75 Å². The first-order chi connectivity index (χ1) is 14.1. The van der Waals surface area contributed by atoms with Crippen molar-refractivity contribution in [2.24, 2.45) is 0 Å². The SMILES string of the molecule is COc1ccc(N(CCCC(O)CO)S(=O)(=O)c2c(F)c(F)c(F)c(F)c2F)cc1. The smallest absolute Gasteiger partial charge is 0.270 e. The third-order valence-electron chi connectivity index (χ3n) is 4.19. The van der Waals surface area contributed by atoms with E-state index in [-0.39, 0.29) is 18.5 Å². The maximum Gasteiger partial charge on any atom is 0.270 e. The van der Waals surface area contributed by atoms with Crippen LogP contribution in [0, 0.1) is 29.1 Å². The fraction of sp³-hybridized carbons (Fsp3) is 0.333. The molecule has 0 radical (unpaired) electrons. The van der Waals surface area contributed by atoms with Crippen LogP contribution in [0.3, 0.4) is 0 Å². The van der Waals surface area contributed by atoms with Gasteiger partial charge in [-0.1, -0.05) is 0 Å². The largest absolute Gasteiger partial charge is 0.497 e. The molecule has 0 aromatic heterocycles. The summed E-state index contributed by atoms with van der Waals surface area (Å²) in [5, 5.41) is 18.3. The lowest BCUT2D eigenvalue weighted by molar-refractivity contribution is 0.0872. The first-order valence-corrected chi connectivity index (χ1v) is 9.97.